The molecule has 2 N–H and O–H groups in total. The lowest BCUT2D eigenvalue weighted by Crippen LogP contribution is -2.51. The van der Waals surface area contributed by atoms with Gasteiger partial charge in [0, 0.05) is 71.6 Å². The SMILES string of the molecule is C#Cc1c(F)ccc2cc(O)cc(-c3cc4nc(OCC5(CN6CCOC7(CC7)C6)CC5)nc(N5CC6CCC(C5)N6)c4cc3Cl)c12. The van der Waals surface area contributed by atoms with Gasteiger partial charge in [0.05, 0.1) is 29.9 Å². The van der Waals surface area contributed by atoms with Gasteiger partial charge in [-0.25, -0.2) is 4.39 Å². The Morgan fingerprint density at radius 2 is 1.89 bits per heavy atom. The number of rotatable bonds is 7. The van der Waals surface area contributed by atoms with Gasteiger partial charge < -0.3 is 24.8 Å². The van der Waals surface area contributed by atoms with E-state index in [1.807, 2.05) is 12.1 Å². The predicted molar refractivity (Wildman–Crippen MR) is 181 cm³/mol. The van der Waals surface area contributed by atoms with Crippen LogP contribution in [-0.4, -0.2) is 83.6 Å². The normalized spacial score (nSPS) is 24.1. The molecule has 3 saturated heterocycles. The van der Waals surface area contributed by atoms with Crippen molar-refractivity contribution in [3.8, 4) is 35.2 Å². The van der Waals surface area contributed by atoms with Gasteiger partial charge in [-0.05, 0) is 79.8 Å². The van der Waals surface area contributed by atoms with Crippen molar-refractivity contribution in [1.29, 1.82) is 0 Å². The van der Waals surface area contributed by atoms with Crippen molar-refractivity contribution in [2.24, 2.45) is 5.41 Å². The minimum atomic E-state index is -0.504. The molecule has 2 saturated carbocycles. The first-order valence-corrected chi connectivity index (χ1v) is 17.1. The van der Waals surface area contributed by atoms with E-state index in [4.69, 9.17) is 37.5 Å². The second-order valence-corrected chi connectivity index (χ2v) is 14.8. The van der Waals surface area contributed by atoms with Crippen LogP contribution in [0.4, 0.5) is 10.2 Å². The summed E-state index contributed by atoms with van der Waals surface area (Å²) >= 11 is 7.03. The molecular formula is C37H37ClFN5O3. The minimum absolute atomic E-state index is 0.0320. The van der Waals surface area contributed by atoms with Gasteiger partial charge in [-0.3, -0.25) is 4.90 Å². The van der Waals surface area contributed by atoms with Crippen molar-refractivity contribution < 1.29 is 19.0 Å². The molecular weight excluding hydrogens is 617 g/mol. The van der Waals surface area contributed by atoms with Crippen LogP contribution in [0.15, 0.2) is 36.4 Å². The quantitative estimate of drug-likeness (QED) is 0.239. The van der Waals surface area contributed by atoms with Crippen molar-refractivity contribution >= 4 is 39.1 Å². The van der Waals surface area contributed by atoms with E-state index in [9.17, 15) is 9.50 Å². The molecule has 2 atom stereocenters. The zero-order valence-electron chi connectivity index (χ0n) is 26.2. The Bertz CT molecular complexity index is 1960. The third-order valence-corrected chi connectivity index (χ3v) is 11.2. The summed E-state index contributed by atoms with van der Waals surface area (Å²) in [5.74, 6) is 2.84. The number of phenolic OH excluding ortho intramolecular Hbond substituents is 1. The Labute approximate surface area is 278 Å². The molecule has 5 aliphatic rings. The predicted octanol–water partition coefficient (Wildman–Crippen LogP) is 5.89. The van der Waals surface area contributed by atoms with Gasteiger partial charge >= 0.3 is 6.01 Å². The lowest BCUT2D eigenvalue weighted by Gasteiger charge is -2.35. The number of piperazine rings is 1. The van der Waals surface area contributed by atoms with Crippen LogP contribution in [0.2, 0.25) is 5.02 Å². The Balaban J connectivity index is 1.11. The van der Waals surface area contributed by atoms with Gasteiger partial charge in [0.2, 0.25) is 0 Å². The van der Waals surface area contributed by atoms with Crippen molar-refractivity contribution in [3.63, 3.8) is 0 Å². The molecule has 4 aromatic rings. The summed E-state index contributed by atoms with van der Waals surface area (Å²) in [5, 5.41) is 16.8. The second kappa shape index (κ2) is 10.9. The highest BCUT2D eigenvalue weighted by Crippen LogP contribution is 2.49. The minimum Gasteiger partial charge on any atom is -0.508 e. The van der Waals surface area contributed by atoms with E-state index >= 15 is 0 Å². The summed E-state index contributed by atoms with van der Waals surface area (Å²) in [6.07, 6.45) is 12.6. The molecule has 242 valence electrons. The lowest BCUT2D eigenvalue weighted by molar-refractivity contribution is -0.0532. The van der Waals surface area contributed by atoms with Gasteiger partial charge in [-0.15, -0.1) is 6.42 Å². The molecule has 47 heavy (non-hydrogen) atoms. The van der Waals surface area contributed by atoms with Crippen molar-refractivity contribution in [2.45, 2.75) is 56.2 Å². The Hall–Kier alpha value is -3.68. The van der Waals surface area contributed by atoms with Crippen LogP contribution < -0.4 is 15.0 Å². The van der Waals surface area contributed by atoms with Gasteiger partial charge in [0.15, 0.2) is 0 Å². The number of terminal acetylenes is 1. The maximum absolute atomic E-state index is 14.9. The number of ether oxygens (including phenoxy) is 2. The van der Waals surface area contributed by atoms with E-state index < -0.39 is 5.82 Å². The summed E-state index contributed by atoms with van der Waals surface area (Å²) in [5.41, 5.74) is 2.12. The number of nitrogens with one attached hydrogen (secondary N) is 1. The number of hydrogen-bond donors (Lipinski definition) is 2. The average molecular weight is 654 g/mol. The number of halogens is 2. The molecule has 4 heterocycles. The molecule has 1 aromatic heterocycles. The first-order chi connectivity index (χ1) is 22.8. The number of aromatic hydroxyl groups is 1. The summed E-state index contributed by atoms with van der Waals surface area (Å²) in [4.78, 5) is 14.9. The highest BCUT2D eigenvalue weighted by molar-refractivity contribution is 6.35. The van der Waals surface area contributed by atoms with Gasteiger partial charge in [0.25, 0.3) is 0 Å². The maximum atomic E-state index is 14.9. The van der Waals surface area contributed by atoms with Crippen LogP contribution in [-0.2, 0) is 4.74 Å². The number of anilines is 1. The summed E-state index contributed by atoms with van der Waals surface area (Å²) in [6.45, 7) is 6.00. The van der Waals surface area contributed by atoms with E-state index in [2.05, 4.69) is 21.0 Å². The maximum Gasteiger partial charge on any atom is 0.318 e. The second-order valence-electron chi connectivity index (χ2n) is 14.4. The summed E-state index contributed by atoms with van der Waals surface area (Å²) in [7, 11) is 0. The van der Waals surface area contributed by atoms with E-state index in [-0.39, 0.29) is 22.3 Å². The number of hydrogen-bond acceptors (Lipinski definition) is 8. The number of morpholine rings is 1. The number of benzene rings is 3. The topological polar surface area (TPSA) is 83.0 Å². The fourth-order valence-electron chi connectivity index (χ4n) is 8.09. The fraction of sp³-hybridized carbons (Fsp3) is 0.459. The molecule has 2 bridgehead atoms. The van der Waals surface area contributed by atoms with Crippen LogP contribution in [0.5, 0.6) is 11.8 Å². The van der Waals surface area contributed by atoms with E-state index in [0.717, 1.165) is 89.1 Å². The van der Waals surface area contributed by atoms with Gasteiger partial charge in [-0.1, -0.05) is 23.6 Å². The third kappa shape index (κ3) is 5.36. The molecule has 2 unspecified atom stereocenters. The Kier molecular flexibility index (Phi) is 6.85. The molecule has 3 aromatic carbocycles. The van der Waals surface area contributed by atoms with Gasteiger partial charge in [-0.2, -0.15) is 9.97 Å². The molecule has 8 nitrogen and oxygen atoms in total. The van der Waals surface area contributed by atoms with Crippen LogP contribution in [0.1, 0.15) is 44.1 Å². The molecule has 9 rings (SSSR count). The number of phenols is 1. The largest absolute Gasteiger partial charge is 0.508 e. The van der Waals surface area contributed by atoms with E-state index in [0.29, 0.717) is 57.1 Å². The summed E-state index contributed by atoms with van der Waals surface area (Å²) < 4.78 is 27.5. The molecule has 1 spiro atoms. The smallest absolute Gasteiger partial charge is 0.318 e. The van der Waals surface area contributed by atoms with Crippen molar-refractivity contribution in [1.82, 2.24) is 20.2 Å². The van der Waals surface area contributed by atoms with Crippen LogP contribution >= 0.6 is 11.6 Å². The molecule has 3 aliphatic heterocycles. The molecule has 10 heteroatoms. The fourth-order valence-corrected chi connectivity index (χ4v) is 8.36. The monoisotopic (exact) mass is 653 g/mol. The number of aromatic nitrogens is 2. The number of fused-ring (bicyclic) bond motifs is 4. The lowest BCUT2D eigenvalue weighted by atomic mass is 9.93. The summed E-state index contributed by atoms with van der Waals surface area (Å²) in [6, 6.07) is 11.0. The van der Waals surface area contributed by atoms with Gasteiger partial charge in [0.1, 0.15) is 17.4 Å². The Morgan fingerprint density at radius 1 is 1.09 bits per heavy atom. The van der Waals surface area contributed by atoms with E-state index in [1.165, 1.54) is 6.07 Å². The Morgan fingerprint density at radius 3 is 2.64 bits per heavy atom. The van der Waals surface area contributed by atoms with Crippen LogP contribution in [0.25, 0.3) is 32.8 Å². The molecule has 2 aliphatic carbocycles. The molecule has 0 amide bonds. The third-order valence-electron chi connectivity index (χ3n) is 10.9. The highest BCUT2D eigenvalue weighted by Gasteiger charge is 2.51. The first-order valence-electron chi connectivity index (χ1n) is 16.7. The zero-order chi connectivity index (χ0) is 31.9. The number of nitrogens with zero attached hydrogens (tertiary/aromatic N) is 4. The average Bonchev–Trinajstić information content (AvgIpc) is 3.98. The van der Waals surface area contributed by atoms with Crippen molar-refractivity contribution in [3.05, 3.63) is 52.8 Å². The highest BCUT2D eigenvalue weighted by atomic mass is 35.5. The molecule has 0 radical (unpaired) electrons. The molecule has 5 fully saturated rings. The van der Waals surface area contributed by atoms with Crippen molar-refractivity contribution in [2.75, 3.05) is 50.8 Å². The van der Waals surface area contributed by atoms with E-state index in [1.54, 1.807) is 18.2 Å². The zero-order valence-corrected chi connectivity index (χ0v) is 27.0. The van der Waals surface area contributed by atoms with Crippen LogP contribution in [0.3, 0.4) is 0 Å². The standard InChI is InChI=1S/C37H37ClFN5O3/c1-2-26-31(39)6-3-22-13-25(45)14-28(33(22)26)27-16-32-29(15-30(27)38)34(44-17-23-4-5-24(18-44)40-23)42-35(41-32)46-21-36(7-8-36)19-43-11-12-47-37(20-43)9-10-37/h1,3,6,13-16,23-24,40,45H,4-5,7-12,17-21H2. The first kappa shape index (κ1) is 29.5. The van der Waals surface area contributed by atoms with Crippen LogP contribution in [0, 0.1) is 23.6 Å².